The summed E-state index contributed by atoms with van der Waals surface area (Å²) in [7, 11) is 0. The number of halogens is 1. The third kappa shape index (κ3) is 5.09. The number of rotatable bonds is 6. The number of amides is 2. The fraction of sp³-hybridized carbons (Fsp3) is 0.429. The van der Waals surface area contributed by atoms with Crippen LogP contribution in [-0.4, -0.2) is 31.0 Å². The number of aryl methyl sites for hydroxylation is 1. The Labute approximate surface area is 123 Å². The van der Waals surface area contributed by atoms with Crippen LogP contribution in [0.15, 0.2) is 18.2 Å². The van der Waals surface area contributed by atoms with Gasteiger partial charge in [0.15, 0.2) is 6.61 Å². The number of carbonyl (C=O) groups is 2. The van der Waals surface area contributed by atoms with Gasteiger partial charge in [-0.3, -0.25) is 9.59 Å². The Morgan fingerprint density at radius 3 is 2.70 bits per heavy atom. The molecule has 1 aromatic rings. The van der Waals surface area contributed by atoms with Crippen LogP contribution in [0.5, 0.6) is 5.75 Å². The molecule has 0 radical (unpaired) electrons. The van der Waals surface area contributed by atoms with Crippen molar-refractivity contribution in [2.24, 2.45) is 0 Å². The molecule has 0 aliphatic heterocycles. The molecule has 0 fully saturated rings. The summed E-state index contributed by atoms with van der Waals surface area (Å²) >= 11 is 5.83. The molecule has 0 heterocycles. The average Bonchev–Trinajstić information content (AvgIpc) is 2.37. The summed E-state index contributed by atoms with van der Waals surface area (Å²) in [6.07, 6.45) is 0. The molecule has 0 aliphatic carbocycles. The molecule has 5 nitrogen and oxygen atoms in total. The first-order valence-corrected chi connectivity index (χ1v) is 6.77. The maximum atomic E-state index is 11.7. The van der Waals surface area contributed by atoms with Crippen molar-refractivity contribution >= 4 is 23.4 Å². The highest BCUT2D eigenvalue weighted by Gasteiger charge is 2.15. The van der Waals surface area contributed by atoms with Crippen LogP contribution in [-0.2, 0) is 9.59 Å². The zero-order valence-corrected chi connectivity index (χ0v) is 12.6. The van der Waals surface area contributed by atoms with Gasteiger partial charge in [-0.15, -0.1) is 0 Å². The van der Waals surface area contributed by atoms with Crippen molar-refractivity contribution in [3.05, 3.63) is 28.8 Å². The zero-order valence-electron chi connectivity index (χ0n) is 11.8. The van der Waals surface area contributed by atoms with Gasteiger partial charge in [0, 0.05) is 11.6 Å². The highest BCUT2D eigenvalue weighted by Crippen LogP contribution is 2.21. The van der Waals surface area contributed by atoms with Crippen LogP contribution in [0.25, 0.3) is 0 Å². The quantitative estimate of drug-likeness (QED) is 0.839. The Morgan fingerprint density at radius 2 is 2.10 bits per heavy atom. The van der Waals surface area contributed by atoms with E-state index >= 15 is 0 Å². The molecule has 0 aliphatic rings. The van der Waals surface area contributed by atoms with Gasteiger partial charge >= 0.3 is 0 Å². The van der Waals surface area contributed by atoms with E-state index in [9.17, 15) is 9.59 Å². The van der Waals surface area contributed by atoms with Crippen molar-refractivity contribution in [3.8, 4) is 5.75 Å². The van der Waals surface area contributed by atoms with Gasteiger partial charge < -0.3 is 15.4 Å². The van der Waals surface area contributed by atoms with Crippen LogP contribution in [0.2, 0.25) is 5.02 Å². The molecule has 1 atom stereocenters. The summed E-state index contributed by atoms with van der Waals surface area (Å²) in [4.78, 5) is 23.1. The fourth-order valence-electron chi connectivity index (χ4n) is 1.59. The Hall–Kier alpha value is -1.75. The van der Waals surface area contributed by atoms with Gasteiger partial charge in [-0.1, -0.05) is 11.6 Å². The van der Waals surface area contributed by atoms with Crippen molar-refractivity contribution in [1.82, 2.24) is 10.6 Å². The molecule has 0 spiro atoms. The van der Waals surface area contributed by atoms with E-state index < -0.39 is 6.04 Å². The first kappa shape index (κ1) is 16.3. The number of ether oxygens (including phenoxy) is 1. The molecule has 2 amide bonds. The minimum atomic E-state index is -0.586. The van der Waals surface area contributed by atoms with E-state index in [1.54, 1.807) is 25.1 Å². The van der Waals surface area contributed by atoms with Gasteiger partial charge in [0.1, 0.15) is 11.8 Å². The lowest BCUT2D eigenvalue weighted by molar-refractivity contribution is -0.129. The molecule has 0 saturated heterocycles. The summed E-state index contributed by atoms with van der Waals surface area (Å²) in [5, 5.41) is 5.81. The predicted molar refractivity (Wildman–Crippen MR) is 78.0 cm³/mol. The first-order chi connectivity index (χ1) is 9.43. The molecular weight excluding hydrogens is 280 g/mol. The zero-order chi connectivity index (χ0) is 15.1. The van der Waals surface area contributed by atoms with E-state index in [0.717, 1.165) is 5.56 Å². The normalized spacial score (nSPS) is 11.6. The summed E-state index contributed by atoms with van der Waals surface area (Å²) in [5.41, 5.74) is 0.849. The highest BCUT2D eigenvalue weighted by molar-refractivity contribution is 6.30. The van der Waals surface area contributed by atoms with Crippen LogP contribution in [0.4, 0.5) is 0 Å². The summed E-state index contributed by atoms with van der Waals surface area (Å²) in [6.45, 7) is 5.66. The van der Waals surface area contributed by atoms with Crippen molar-refractivity contribution in [3.63, 3.8) is 0 Å². The van der Waals surface area contributed by atoms with Crippen molar-refractivity contribution in [1.29, 1.82) is 0 Å². The molecule has 6 heteroatoms. The Kier molecular flexibility index (Phi) is 6.31. The lowest BCUT2D eigenvalue weighted by Gasteiger charge is -2.14. The maximum Gasteiger partial charge on any atom is 0.258 e. The molecule has 110 valence electrons. The second-order valence-electron chi connectivity index (χ2n) is 4.38. The van der Waals surface area contributed by atoms with E-state index in [0.29, 0.717) is 17.3 Å². The van der Waals surface area contributed by atoms with E-state index in [1.807, 2.05) is 13.8 Å². The van der Waals surface area contributed by atoms with Gasteiger partial charge in [0.05, 0.1) is 0 Å². The average molecular weight is 299 g/mol. The number of nitrogens with one attached hydrogen (secondary N) is 2. The Bertz CT molecular complexity index is 491. The van der Waals surface area contributed by atoms with Crippen LogP contribution in [0.3, 0.4) is 0 Å². The van der Waals surface area contributed by atoms with Gasteiger partial charge in [0.25, 0.3) is 5.91 Å². The molecule has 1 rings (SSSR count). The van der Waals surface area contributed by atoms with Crippen LogP contribution < -0.4 is 15.4 Å². The molecule has 20 heavy (non-hydrogen) atoms. The fourth-order valence-corrected chi connectivity index (χ4v) is 1.82. The van der Waals surface area contributed by atoms with Gasteiger partial charge in [-0.25, -0.2) is 0 Å². The summed E-state index contributed by atoms with van der Waals surface area (Å²) < 4.78 is 5.39. The topological polar surface area (TPSA) is 67.4 Å². The Balaban J connectivity index is 2.45. The smallest absolute Gasteiger partial charge is 0.258 e. The number of hydrogen-bond donors (Lipinski definition) is 2. The number of hydrogen-bond acceptors (Lipinski definition) is 3. The second-order valence-corrected chi connectivity index (χ2v) is 4.82. The van der Waals surface area contributed by atoms with Gasteiger partial charge in [0.2, 0.25) is 5.91 Å². The standard InChI is InChI=1S/C14H19ClN2O3/c1-4-16-14(19)10(3)17-13(18)8-20-12-6-5-11(15)7-9(12)2/h5-7,10H,4,8H2,1-3H3,(H,16,19)(H,17,18). The van der Waals surface area contributed by atoms with Crippen LogP contribution >= 0.6 is 11.6 Å². The van der Waals surface area contributed by atoms with Crippen molar-refractivity contribution in [2.45, 2.75) is 26.8 Å². The van der Waals surface area contributed by atoms with E-state index in [4.69, 9.17) is 16.3 Å². The molecule has 1 unspecified atom stereocenters. The van der Waals surface area contributed by atoms with E-state index in [1.165, 1.54) is 0 Å². The molecule has 1 aromatic carbocycles. The van der Waals surface area contributed by atoms with Crippen LogP contribution in [0, 0.1) is 6.92 Å². The molecule has 0 aromatic heterocycles. The summed E-state index contributed by atoms with van der Waals surface area (Å²) in [5.74, 6) is 0.0249. The first-order valence-electron chi connectivity index (χ1n) is 6.40. The van der Waals surface area contributed by atoms with E-state index in [2.05, 4.69) is 10.6 Å². The molecule has 0 bridgehead atoms. The number of carbonyl (C=O) groups excluding carboxylic acids is 2. The Morgan fingerprint density at radius 1 is 1.40 bits per heavy atom. The molecule has 0 saturated carbocycles. The second kappa shape index (κ2) is 7.75. The highest BCUT2D eigenvalue weighted by atomic mass is 35.5. The lowest BCUT2D eigenvalue weighted by atomic mass is 10.2. The summed E-state index contributed by atoms with van der Waals surface area (Å²) in [6, 6.07) is 4.57. The SMILES string of the molecule is CCNC(=O)C(C)NC(=O)COc1ccc(Cl)cc1C. The number of likely N-dealkylation sites (N-methyl/N-ethyl adjacent to an activating group) is 1. The minimum absolute atomic E-state index is 0.147. The van der Waals surface area contributed by atoms with Crippen LogP contribution in [0.1, 0.15) is 19.4 Å². The molecular formula is C14H19ClN2O3. The van der Waals surface area contributed by atoms with E-state index in [-0.39, 0.29) is 18.4 Å². The van der Waals surface area contributed by atoms with Crippen molar-refractivity contribution < 1.29 is 14.3 Å². The van der Waals surface area contributed by atoms with Gasteiger partial charge in [-0.05, 0) is 44.5 Å². The lowest BCUT2D eigenvalue weighted by Crippen LogP contribution is -2.46. The molecule has 2 N–H and O–H groups in total. The maximum absolute atomic E-state index is 11.7. The third-order valence-electron chi connectivity index (χ3n) is 2.62. The minimum Gasteiger partial charge on any atom is -0.484 e. The van der Waals surface area contributed by atoms with Gasteiger partial charge in [-0.2, -0.15) is 0 Å². The largest absolute Gasteiger partial charge is 0.484 e. The van der Waals surface area contributed by atoms with Crippen molar-refractivity contribution in [2.75, 3.05) is 13.2 Å². The monoisotopic (exact) mass is 298 g/mol. The number of benzene rings is 1. The third-order valence-corrected chi connectivity index (χ3v) is 2.85. The predicted octanol–water partition coefficient (Wildman–Crippen LogP) is 1.67.